The molecule has 3 rings (SSSR count). The van der Waals surface area contributed by atoms with Gasteiger partial charge in [0.25, 0.3) is 10.0 Å². The highest BCUT2D eigenvalue weighted by atomic mass is 32.2. The minimum atomic E-state index is -3.86. The van der Waals surface area contributed by atoms with Crippen LogP contribution < -0.4 is 15.4 Å². The molecule has 0 aliphatic heterocycles. The molecule has 0 radical (unpaired) electrons. The van der Waals surface area contributed by atoms with Gasteiger partial charge in [-0.25, -0.2) is 9.71 Å². The molecule has 0 bridgehead atoms. The molecule has 0 spiro atoms. The molecular weight excluding hydrogens is 496 g/mol. The number of aromatic nitrogens is 1. The second kappa shape index (κ2) is 12.7. The molecule has 3 N–H and O–H groups in total. The lowest BCUT2D eigenvalue weighted by Crippen LogP contribution is -2.55. The molecular formula is C26H36N4O4S2. The van der Waals surface area contributed by atoms with Gasteiger partial charge in [-0.15, -0.1) is 17.8 Å². The summed E-state index contributed by atoms with van der Waals surface area (Å²) in [5.74, 6) is -0.0662. The molecule has 0 saturated heterocycles. The first kappa shape index (κ1) is 28.1. The Kier molecular flexibility index (Phi) is 9.88. The molecule has 2 aromatic rings. The molecule has 1 saturated carbocycles. The zero-order chi connectivity index (χ0) is 26.3. The van der Waals surface area contributed by atoms with Gasteiger partial charge in [-0.1, -0.05) is 46.1 Å². The van der Waals surface area contributed by atoms with Crippen molar-refractivity contribution in [2.75, 3.05) is 6.54 Å². The van der Waals surface area contributed by atoms with Crippen LogP contribution in [0.5, 0.6) is 0 Å². The van der Waals surface area contributed by atoms with Gasteiger partial charge in [-0.2, -0.15) is 8.42 Å². The zero-order valence-electron chi connectivity index (χ0n) is 21.2. The molecule has 1 aromatic heterocycles. The molecule has 1 aliphatic carbocycles. The zero-order valence-corrected chi connectivity index (χ0v) is 22.8. The summed E-state index contributed by atoms with van der Waals surface area (Å²) in [5.41, 5.74) is 2.08. The molecule has 1 aliphatic rings. The van der Waals surface area contributed by atoms with E-state index in [1.54, 1.807) is 12.2 Å². The molecule has 2 unspecified atom stereocenters. The van der Waals surface area contributed by atoms with E-state index in [1.807, 2.05) is 6.07 Å². The quantitative estimate of drug-likeness (QED) is 0.383. The molecule has 8 nitrogen and oxygen atoms in total. The van der Waals surface area contributed by atoms with E-state index in [-0.39, 0.29) is 37.1 Å². The highest BCUT2D eigenvalue weighted by molar-refractivity contribution is 7.94. The number of nitrogens with zero attached hydrogens (tertiary/aromatic N) is 1. The summed E-state index contributed by atoms with van der Waals surface area (Å²) in [5, 5.41) is 8.35. The molecule has 1 heterocycles. The van der Waals surface area contributed by atoms with Gasteiger partial charge >= 0.3 is 0 Å². The maximum Gasteiger partial charge on any atom is 0.280 e. The fraction of sp³-hybridized carbons (Fsp3) is 0.577. The smallest absolute Gasteiger partial charge is 0.280 e. The first-order chi connectivity index (χ1) is 17.1. The number of thiazole rings is 1. The molecule has 10 heteroatoms. The Morgan fingerprint density at radius 1 is 1.19 bits per heavy atom. The lowest BCUT2D eigenvalue weighted by atomic mass is 9.83. The Labute approximate surface area is 218 Å². The van der Waals surface area contributed by atoms with Crippen molar-refractivity contribution in [1.29, 1.82) is 0 Å². The maximum absolute atomic E-state index is 13.4. The largest absolute Gasteiger partial charge is 0.350 e. The summed E-state index contributed by atoms with van der Waals surface area (Å²) in [6, 6.07) is 4.92. The van der Waals surface area contributed by atoms with Crippen LogP contribution >= 0.6 is 11.3 Å². The van der Waals surface area contributed by atoms with Crippen LogP contribution in [0.15, 0.2) is 18.2 Å². The topological polar surface area (TPSA) is 117 Å². The van der Waals surface area contributed by atoms with Crippen LogP contribution in [-0.2, 0) is 26.0 Å². The Bertz CT molecular complexity index is 1210. The molecule has 1 fully saturated rings. The number of carbonyl (C=O) groups excluding carboxylic acids is 2. The molecule has 196 valence electrons. The van der Waals surface area contributed by atoms with Crippen LogP contribution in [0.2, 0.25) is 0 Å². The molecule has 36 heavy (non-hydrogen) atoms. The van der Waals surface area contributed by atoms with Gasteiger partial charge in [0, 0.05) is 30.7 Å². The van der Waals surface area contributed by atoms with E-state index in [0.29, 0.717) is 5.92 Å². The number of rotatable bonds is 11. The third-order valence-electron chi connectivity index (χ3n) is 6.67. The van der Waals surface area contributed by atoms with Crippen molar-refractivity contribution in [3.05, 3.63) is 28.8 Å². The SMILES string of the molecule is C#CS(=O)(=O)NCC(NC(=O)C(Cc1nc2ccc(C(C)C)cc2s1)NC(=O)CC)C1CCCCC1. The second-order valence-electron chi connectivity index (χ2n) is 9.65. The van der Waals surface area contributed by atoms with Gasteiger partial charge in [-0.05, 0) is 42.4 Å². The van der Waals surface area contributed by atoms with E-state index in [1.165, 1.54) is 16.9 Å². The van der Waals surface area contributed by atoms with Crippen LogP contribution in [-0.4, -0.2) is 43.8 Å². The molecule has 1 aromatic carbocycles. The lowest BCUT2D eigenvalue weighted by molar-refractivity contribution is -0.129. The number of hydrogen-bond acceptors (Lipinski definition) is 6. The monoisotopic (exact) mass is 532 g/mol. The number of benzene rings is 1. The Morgan fingerprint density at radius 3 is 2.56 bits per heavy atom. The van der Waals surface area contributed by atoms with E-state index >= 15 is 0 Å². The Morgan fingerprint density at radius 2 is 1.92 bits per heavy atom. The summed E-state index contributed by atoms with van der Waals surface area (Å²) in [6.45, 7) is 6.01. The van der Waals surface area contributed by atoms with E-state index in [2.05, 4.69) is 41.3 Å². The number of terminal acetylenes is 1. The fourth-order valence-corrected chi connectivity index (χ4v) is 6.06. The summed E-state index contributed by atoms with van der Waals surface area (Å²) in [6.07, 6.45) is 10.6. The van der Waals surface area contributed by atoms with Crippen molar-refractivity contribution in [1.82, 2.24) is 20.3 Å². The van der Waals surface area contributed by atoms with E-state index in [4.69, 9.17) is 11.4 Å². The third kappa shape index (κ3) is 7.76. The predicted molar refractivity (Wildman–Crippen MR) is 144 cm³/mol. The van der Waals surface area contributed by atoms with Crippen LogP contribution in [0.1, 0.15) is 75.8 Å². The van der Waals surface area contributed by atoms with Gasteiger partial charge in [-0.3, -0.25) is 9.59 Å². The molecule has 2 amide bonds. The van der Waals surface area contributed by atoms with Gasteiger partial charge in [0.2, 0.25) is 11.8 Å². The van der Waals surface area contributed by atoms with Crippen LogP contribution in [0.4, 0.5) is 0 Å². The Balaban J connectivity index is 1.80. The van der Waals surface area contributed by atoms with Crippen molar-refractivity contribution in [2.45, 2.75) is 83.7 Å². The third-order valence-corrected chi connectivity index (χ3v) is 8.57. The summed E-state index contributed by atoms with van der Waals surface area (Å²) in [7, 11) is -3.86. The van der Waals surface area contributed by atoms with E-state index < -0.39 is 22.1 Å². The van der Waals surface area contributed by atoms with E-state index in [0.717, 1.165) is 47.3 Å². The number of fused-ring (bicyclic) bond motifs is 1. The van der Waals surface area contributed by atoms with Gasteiger partial charge in [0.15, 0.2) is 0 Å². The highest BCUT2D eigenvalue weighted by Gasteiger charge is 2.30. The first-order valence-electron chi connectivity index (χ1n) is 12.6. The van der Waals surface area contributed by atoms with Crippen molar-refractivity contribution in [2.24, 2.45) is 5.92 Å². The minimum Gasteiger partial charge on any atom is -0.350 e. The van der Waals surface area contributed by atoms with Crippen LogP contribution in [0, 0.1) is 17.6 Å². The maximum atomic E-state index is 13.4. The second-order valence-corrected chi connectivity index (χ2v) is 12.3. The summed E-state index contributed by atoms with van der Waals surface area (Å²) in [4.78, 5) is 30.4. The first-order valence-corrected chi connectivity index (χ1v) is 14.9. The van der Waals surface area contributed by atoms with E-state index in [9.17, 15) is 18.0 Å². The predicted octanol–water partition coefficient (Wildman–Crippen LogP) is 3.43. The highest BCUT2D eigenvalue weighted by Crippen LogP contribution is 2.28. The van der Waals surface area contributed by atoms with Gasteiger partial charge in [0.1, 0.15) is 6.04 Å². The standard InChI is InChI=1S/C26H36N4O4S2/c1-5-24(31)28-21(15-25-29-20-13-12-19(17(3)4)14-23(20)35-25)26(32)30-22(16-27-36(33,34)6-2)18-10-8-7-9-11-18/h2,12-14,17-18,21-22,27H,5,7-11,15-16H2,1,3-4H3,(H,28,31)(H,30,32). The normalized spacial score (nSPS) is 16.4. The number of hydrogen-bond donors (Lipinski definition) is 3. The van der Waals surface area contributed by atoms with Crippen molar-refractivity contribution >= 4 is 43.4 Å². The number of sulfonamides is 1. The number of nitrogens with one attached hydrogen (secondary N) is 3. The van der Waals surface area contributed by atoms with Crippen molar-refractivity contribution in [3.63, 3.8) is 0 Å². The molecule has 2 atom stereocenters. The van der Waals surface area contributed by atoms with Crippen LogP contribution in [0.25, 0.3) is 10.2 Å². The van der Waals surface area contributed by atoms with Crippen LogP contribution in [0.3, 0.4) is 0 Å². The number of amides is 2. The Hall–Kier alpha value is -2.48. The summed E-state index contributed by atoms with van der Waals surface area (Å²) >= 11 is 1.52. The number of carbonyl (C=O) groups is 2. The average Bonchev–Trinajstić information content (AvgIpc) is 3.28. The fourth-order valence-electron chi connectivity index (χ4n) is 4.51. The lowest BCUT2D eigenvalue weighted by Gasteiger charge is -2.32. The van der Waals surface area contributed by atoms with Crippen molar-refractivity contribution < 1.29 is 18.0 Å². The van der Waals surface area contributed by atoms with Gasteiger partial charge < -0.3 is 10.6 Å². The minimum absolute atomic E-state index is 0.0104. The van der Waals surface area contributed by atoms with Crippen molar-refractivity contribution in [3.8, 4) is 11.7 Å². The van der Waals surface area contributed by atoms with Gasteiger partial charge in [0.05, 0.1) is 15.2 Å². The summed E-state index contributed by atoms with van der Waals surface area (Å²) < 4.78 is 27.2. The average molecular weight is 533 g/mol.